The minimum atomic E-state index is -0.0748. The van der Waals surface area contributed by atoms with E-state index in [1.165, 1.54) is 6.42 Å². The molecule has 1 aliphatic rings. The fourth-order valence-corrected chi connectivity index (χ4v) is 3.19. The third kappa shape index (κ3) is 4.07. The van der Waals surface area contributed by atoms with Crippen LogP contribution >= 0.6 is 34.2 Å². The second kappa shape index (κ2) is 6.90. The van der Waals surface area contributed by atoms with Crippen LogP contribution in [0, 0.1) is 3.57 Å². The molecule has 1 saturated carbocycles. The number of nitrogens with two attached hydrogens (primary N) is 1. The third-order valence-corrected chi connectivity index (χ3v) is 4.73. The van der Waals surface area contributed by atoms with Gasteiger partial charge in [-0.05, 0) is 53.6 Å². The second-order valence-corrected chi connectivity index (χ2v) is 6.60. The van der Waals surface area contributed by atoms with Gasteiger partial charge in [-0.1, -0.05) is 30.9 Å². The molecule has 0 bridgehead atoms. The normalized spacial score (nSPS) is 23.7. The molecule has 3 nitrogen and oxygen atoms in total. The van der Waals surface area contributed by atoms with E-state index in [0.29, 0.717) is 10.6 Å². The van der Waals surface area contributed by atoms with Crippen molar-refractivity contribution in [2.75, 3.05) is 0 Å². The summed E-state index contributed by atoms with van der Waals surface area (Å²) in [6, 6.07) is 5.48. The van der Waals surface area contributed by atoms with E-state index in [0.717, 1.165) is 29.3 Å². The van der Waals surface area contributed by atoms with Crippen LogP contribution in [0.25, 0.3) is 0 Å². The molecule has 1 amide bonds. The van der Waals surface area contributed by atoms with Gasteiger partial charge in [0.05, 0.1) is 5.56 Å². The fourth-order valence-electron chi connectivity index (χ4n) is 2.43. The van der Waals surface area contributed by atoms with E-state index in [1.807, 2.05) is 6.07 Å². The van der Waals surface area contributed by atoms with Crippen LogP contribution in [0.4, 0.5) is 0 Å². The maximum atomic E-state index is 12.3. The van der Waals surface area contributed by atoms with Gasteiger partial charge in [0.2, 0.25) is 0 Å². The Bertz CT molecular complexity index is 467. The van der Waals surface area contributed by atoms with Gasteiger partial charge in [-0.25, -0.2) is 0 Å². The first kappa shape index (κ1) is 15.1. The monoisotopic (exact) mass is 392 g/mol. The highest BCUT2D eigenvalue weighted by Gasteiger charge is 2.23. The van der Waals surface area contributed by atoms with E-state index in [-0.39, 0.29) is 18.0 Å². The number of carbonyl (C=O) groups is 1. The topological polar surface area (TPSA) is 55.1 Å². The first-order chi connectivity index (χ1) is 9.08. The molecule has 0 aromatic heterocycles. The zero-order valence-corrected chi connectivity index (χ0v) is 13.6. The highest BCUT2D eigenvalue weighted by atomic mass is 127. The molecule has 2 atom stereocenters. The summed E-state index contributed by atoms with van der Waals surface area (Å²) in [5, 5.41) is 3.64. The van der Waals surface area contributed by atoms with E-state index >= 15 is 0 Å². The summed E-state index contributed by atoms with van der Waals surface area (Å²) in [7, 11) is 0. The van der Waals surface area contributed by atoms with Crippen molar-refractivity contribution in [1.29, 1.82) is 0 Å². The summed E-state index contributed by atoms with van der Waals surface area (Å²) in [6.45, 7) is 0. The van der Waals surface area contributed by atoms with Crippen LogP contribution in [0.2, 0.25) is 5.02 Å². The molecule has 2 rings (SSSR count). The zero-order valence-electron chi connectivity index (χ0n) is 10.7. The Morgan fingerprint density at radius 2 is 2.05 bits per heavy atom. The number of nitrogens with one attached hydrogen (secondary N) is 1. The van der Waals surface area contributed by atoms with Gasteiger partial charge >= 0.3 is 0 Å². The average Bonchev–Trinajstić information content (AvgIpc) is 2.58. The molecular formula is C14H18ClIN2O. The first-order valence-electron chi connectivity index (χ1n) is 6.59. The van der Waals surface area contributed by atoms with Crippen molar-refractivity contribution in [3.63, 3.8) is 0 Å². The van der Waals surface area contributed by atoms with Crippen LogP contribution in [0.15, 0.2) is 18.2 Å². The van der Waals surface area contributed by atoms with Gasteiger partial charge in [-0.3, -0.25) is 4.79 Å². The van der Waals surface area contributed by atoms with Gasteiger partial charge in [0.15, 0.2) is 0 Å². The van der Waals surface area contributed by atoms with Crippen LogP contribution in [0.3, 0.4) is 0 Å². The highest BCUT2D eigenvalue weighted by molar-refractivity contribution is 14.1. The van der Waals surface area contributed by atoms with Crippen molar-refractivity contribution in [3.05, 3.63) is 32.4 Å². The molecule has 1 aromatic carbocycles. The lowest BCUT2D eigenvalue weighted by Crippen LogP contribution is -2.47. The molecule has 2 unspecified atom stereocenters. The third-order valence-electron chi connectivity index (χ3n) is 3.56. The van der Waals surface area contributed by atoms with E-state index in [4.69, 9.17) is 17.3 Å². The van der Waals surface area contributed by atoms with Crippen molar-refractivity contribution in [2.24, 2.45) is 5.73 Å². The quantitative estimate of drug-likeness (QED) is 0.599. The largest absolute Gasteiger partial charge is 0.348 e. The minimum Gasteiger partial charge on any atom is -0.348 e. The standard InChI is InChI=1S/C14H18ClIN2O/c15-9-6-7-11(16)10(8-9)14(19)18-13-5-3-1-2-4-12(13)17/h6-8,12-13H,1-5,17H2,(H,18,19). The number of amides is 1. The SMILES string of the molecule is NC1CCCCCC1NC(=O)c1cc(Cl)ccc1I. The zero-order chi connectivity index (χ0) is 13.8. The van der Waals surface area contributed by atoms with Crippen LogP contribution in [-0.4, -0.2) is 18.0 Å². The smallest absolute Gasteiger partial charge is 0.252 e. The van der Waals surface area contributed by atoms with Crippen molar-refractivity contribution >= 4 is 40.1 Å². The number of benzene rings is 1. The lowest BCUT2D eigenvalue weighted by molar-refractivity contribution is 0.0928. The number of rotatable bonds is 2. The summed E-state index contributed by atoms with van der Waals surface area (Å²) < 4.78 is 0.904. The fraction of sp³-hybridized carbons (Fsp3) is 0.500. The van der Waals surface area contributed by atoms with Crippen molar-refractivity contribution in [3.8, 4) is 0 Å². The molecular weight excluding hydrogens is 375 g/mol. The molecule has 5 heteroatoms. The summed E-state index contributed by atoms with van der Waals surface area (Å²) in [4.78, 5) is 12.3. The average molecular weight is 393 g/mol. The summed E-state index contributed by atoms with van der Waals surface area (Å²) >= 11 is 8.10. The lowest BCUT2D eigenvalue weighted by Gasteiger charge is -2.23. The van der Waals surface area contributed by atoms with Crippen molar-refractivity contribution in [1.82, 2.24) is 5.32 Å². The predicted octanol–water partition coefficient (Wildman–Crippen LogP) is 3.33. The van der Waals surface area contributed by atoms with Gasteiger partial charge in [0.25, 0.3) is 5.91 Å². The maximum Gasteiger partial charge on any atom is 0.252 e. The first-order valence-corrected chi connectivity index (χ1v) is 8.05. The predicted molar refractivity (Wildman–Crippen MR) is 86.5 cm³/mol. The molecule has 1 aliphatic carbocycles. The number of hydrogen-bond donors (Lipinski definition) is 2. The van der Waals surface area contributed by atoms with Gasteiger partial charge < -0.3 is 11.1 Å². The Morgan fingerprint density at radius 3 is 2.84 bits per heavy atom. The molecule has 19 heavy (non-hydrogen) atoms. The molecule has 0 aliphatic heterocycles. The van der Waals surface area contributed by atoms with E-state index in [9.17, 15) is 4.79 Å². The van der Waals surface area contributed by atoms with Gasteiger partial charge in [0, 0.05) is 20.7 Å². The van der Waals surface area contributed by atoms with Gasteiger partial charge in [-0.15, -0.1) is 0 Å². The summed E-state index contributed by atoms with van der Waals surface area (Å²) in [5.41, 5.74) is 6.76. The maximum absolute atomic E-state index is 12.3. The van der Waals surface area contributed by atoms with E-state index < -0.39 is 0 Å². The Morgan fingerprint density at radius 1 is 1.32 bits per heavy atom. The number of carbonyl (C=O) groups excluding carboxylic acids is 1. The molecule has 0 spiro atoms. The van der Waals surface area contributed by atoms with Gasteiger partial charge in [-0.2, -0.15) is 0 Å². The van der Waals surface area contributed by atoms with E-state index in [2.05, 4.69) is 27.9 Å². The minimum absolute atomic E-state index is 0.0586. The Labute approximate surface area is 132 Å². The van der Waals surface area contributed by atoms with Crippen LogP contribution in [0.5, 0.6) is 0 Å². The summed E-state index contributed by atoms with van der Waals surface area (Å²) in [5.74, 6) is -0.0748. The van der Waals surface area contributed by atoms with Crippen molar-refractivity contribution < 1.29 is 4.79 Å². The lowest BCUT2D eigenvalue weighted by atomic mass is 10.0. The van der Waals surface area contributed by atoms with Crippen molar-refractivity contribution in [2.45, 2.75) is 44.2 Å². The second-order valence-electron chi connectivity index (χ2n) is 5.01. The molecule has 104 valence electrons. The number of halogens is 2. The molecule has 0 radical (unpaired) electrons. The van der Waals surface area contributed by atoms with Gasteiger partial charge in [0.1, 0.15) is 0 Å². The molecule has 0 heterocycles. The Balaban J connectivity index is 2.09. The van der Waals surface area contributed by atoms with Crippen LogP contribution in [0.1, 0.15) is 42.5 Å². The van der Waals surface area contributed by atoms with Crippen LogP contribution < -0.4 is 11.1 Å². The molecule has 3 N–H and O–H groups in total. The Kier molecular flexibility index (Phi) is 5.47. The van der Waals surface area contributed by atoms with Crippen LogP contribution in [-0.2, 0) is 0 Å². The summed E-state index contributed by atoms with van der Waals surface area (Å²) in [6.07, 6.45) is 5.43. The molecule has 1 aromatic rings. The molecule has 1 fully saturated rings. The van der Waals surface area contributed by atoms with E-state index in [1.54, 1.807) is 12.1 Å². The number of hydrogen-bond acceptors (Lipinski definition) is 2. The Hall–Kier alpha value is -0.330. The highest BCUT2D eigenvalue weighted by Crippen LogP contribution is 2.20. The molecule has 0 saturated heterocycles.